The van der Waals surface area contributed by atoms with E-state index in [1.165, 1.54) is 9.77 Å². The van der Waals surface area contributed by atoms with Crippen LogP contribution in [0.25, 0.3) is 0 Å². The molecule has 2 rings (SSSR count). The van der Waals surface area contributed by atoms with Crippen LogP contribution in [0.4, 0.5) is 0 Å². The summed E-state index contributed by atoms with van der Waals surface area (Å²) < 4.78 is 17.4. The van der Waals surface area contributed by atoms with E-state index in [0.29, 0.717) is 25.3 Å². The first-order valence-electron chi connectivity index (χ1n) is 6.38. The summed E-state index contributed by atoms with van der Waals surface area (Å²) >= 11 is 3.60. The van der Waals surface area contributed by atoms with Gasteiger partial charge in [0, 0.05) is 24.5 Å². The monoisotopic (exact) mass is 304 g/mol. The number of aliphatic hydroxyl groups is 1. The van der Waals surface area contributed by atoms with E-state index in [1.807, 2.05) is 11.8 Å². The van der Waals surface area contributed by atoms with E-state index in [9.17, 15) is 0 Å². The Morgan fingerprint density at radius 1 is 1.42 bits per heavy atom. The minimum atomic E-state index is 0.0848. The van der Waals surface area contributed by atoms with Crippen molar-refractivity contribution in [2.45, 2.75) is 28.4 Å². The topological polar surface area (TPSA) is 47.9 Å². The second-order valence-electron chi connectivity index (χ2n) is 4.33. The number of rotatable bonds is 8. The van der Waals surface area contributed by atoms with Crippen LogP contribution < -0.4 is 0 Å². The van der Waals surface area contributed by atoms with Crippen molar-refractivity contribution >= 4 is 23.1 Å². The molecule has 19 heavy (non-hydrogen) atoms. The molecule has 108 valence electrons. The van der Waals surface area contributed by atoms with Crippen molar-refractivity contribution in [2.24, 2.45) is 0 Å². The summed E-state index contributed by atoms with van der Waals surface area (Å²) in [5, 5.41) is 11.6. The van der Waals surface area contributed by atoms with Crippen LogP contribution in [0.5, 0.6) is 0 Å². The van der Waals surface area contributed by atoms with Gasteiger partial charge in [-0.1, -0.05) is 0 Å². The first kappa shape index (κ1) is 15.3. The van der Waals surface area contributed by atoms with Gasteiger partial charge in [-0.25, -0.2) is 0 Å². The van der Waals surface area contributed by atoms with Gasteiger partial charge in [0.15, 0.2) is 0 Å². The zero-order valence-electron chi connectivity index (χ0n) is 11.0. The lowest BCUT2D eigenvalue weighted by Gasteiger charge is -2.28. The molecular weight excluding hydrogens is 284 g/mol. The lowest BCUT2D eigenvalue weighted by atomic mass is 10.1. The molecule has 6 heteroatoms. The van der Waals surface area contributed by atoms with E-state index in [0.717, 1.165) is 12.8 Å². The highest BCUT2D eigenvalue weighted by Crippen LogP contribution is 2.46. The molecule has 1 aromatic rings. The first-order chi connectivity index (χ1) is 9.35. The van der Waals surface area contributed by atoms with E-state index in [-0.39, 0.29) is 12.7 Å². The van der Waals surface area contributed by atoms with Crippen molar-refractivity contribution in [2.75, 3.05) is 33.7 Å². The highest BCUT2D eigenvalue weighted by atomic mass is 32.2. The summed E-state index contributed by atoms with van der Waals surface area (Å²) in [5.74, 6) is 0. The lowest BCUT2D eigenvalue weighted by Crippen LogP contribution is -2.19. The zero-order chi connectivity index (χ0) is 13.5. The Labute approximate surface area is 122 Å². The Morgan fingerprint density at radius 3 is 3.11 bits per heavy atom. The van der Waals surface area contributed by atoms with E-state index in [4.69, 9.17) is 19.3 Å². The highest BCUT2D eigenvalue weighted by molar-refractivity contribution is 8.01. The predicted octanol–water partition coefficient (Wildman–Crippen LogP) is 2.67. The summed E-state index contributed by atoms with van der Waals surface area (Å²) in [6.45, 7) is 1.66. The fourth-order valence-electron chi connectivity index (χ4n) is 2.02. The Balaban J connectivity index is 1.85. The van der Waals surface area contributed by atoms with Crippen LogP contribution in [-0.4, -0.2) is 44.1 Å². The maximum absolute atomic E-state index is 9.09. The molecule has 2 unspecified atom stereocenters. The molecule has 1 aliphatic heterocycles. The van der Waals surface area contributed by atoms with Crippen LogP contribution in [0.3, 0.4) is 0 Å². The summed E-state index contributed by atoms with van der Waals surface area (Å²) in [5.41, 5.74) is 1.26. The van der Waals surface area contributed by atoms with Gasteiger partial charge >= 0.3 is 0 Å². The maximum Gasteiger partial charge on any atom is 0.147 e. The largest absolute Gasteiger partial charge is 0.396 e. The molecule has 0 aliphatic carbocycles. The minimum absolute atomic E-state index is 0.0848. The van der Waals surface area contributed by atoms with Crippen molar-refractivity contribution in [3.63, 3.8) is 0 Å². The molecule has 0 saturated heterocycles. The number of methoxy groups -OCH3 is 1. The van der Waals surface area contributed by atoms with Crippen LogP contribution in [-0.2, 0) is 14.2 Å². The van der Waals surface area contributed by atoms with Gasteiger partial charge in [-0.15, -0.1) is 23.1 Å². The molecule has 4 nitrogen and oxygen atoms in total. The first-order valence-corrected chi connectivity index (χ1v) is 8.14. The Morgan fingerprint density at radius 2 is 2.32 bits per heavy atom. The third kappa shape index (κ3) is 4.44. The molecule has 1 aliphatic rings. The van der Waals surface area contributed by atoms with Crippen molar-refractivity contribution in [1.29, 1.82) is 0 Å². The number of fused-ring (bicyclic) bond motifs is 1. The molecule has 0 bridgehead atoms. The molecule has 1 aromatic heterocycles. The number of hydrogen-bond donors (Lipinski definition) is 1. The Bertz CT molecular complexity index is 369. The second-order valence-corrected chi connectivity index (χ2v) is 6.81. The number of hydrogen-bond acceptors (Lipinski definition) is 6. The number of ether oxygens (including phenoxy) is 3. The summed E-state index contributed by atoms with van der Waals surface area (Å²) in [7, 11) is 1.65. The van der Waals surface area contributed by atoms with Gasteiger partial charge in [0.25, 0.3) is 0 Å². The summed E-state index contributed by atoms with van der Waals surface area (Å²) in [6, 6.07) is 2.13. The van der Waals surface area contributed by atoms with Gasteiger partial charge in [0.2, 0.25) is 0 Å². The Hall–Kier alpha value is -0.110. The molecule has 0 amide bonds. The van der Waals surface area contributed by atoms with Gasteiger partial charge in [-0.3, -0.25) is 0 Å². The van der Waals surface area contributed by atoms with Crippen molar-refractivity contribution < 1.29 is 19.3 Å². The maximum atomic E-state index is 9.09. The van der Waals surface area contributed by atoms with Gasteiger partial charge < -0.3 is 19.3 Å². The third-order valence-electron chi connectivity index (χ3n) is 2.99. The van der Waals surface area contributed by atoms with Gasteiger partial charge in [-0.05, 0) is 24.3 Å². The van der Waals surface area contributed by atoms with Gasteiger partial charge in [-0.2, -0.15) is 0 Å². The van der Waals surface area contributed by atoms with E-state index in [1.54, 1.807) is 18.4 Å². The average molecular weight is 304 g/mol. The molecule has 1 N–H and O–H groups in total. The van der Waals surface area contributed by atoms with Crippen molar-refractivity contribution in [1.82, 2.24) is 0 Å². The number of aliphatic hydroxyl groups excluding tert-OH is 1. The standard InChI is InChI=1S/C13H20O4S2/c1-15-5-6-16-9-17-12-8-10(2-4-14)19-13-11(12)3-7-18-13/h3,7,10,12,14H,2,4-6,8-9H2,1H3. The van der Waals surface area contributed by atoms with Crippen LogP contribution >= 0.6 is 23.1 Å². The lowest BCUT2D eigenvalue weighted by molar-refractivity contribution is -0.102. The van der Waals surface area contributed by atoms with Crippen molar-refractivity contribution in [3.05, 3.63) is 17.0 Å². The number of thioether (sulfide) groups is 1. The smallest absolute Gasteiger partial charge is 0.147 e. The minimum Gasteiger partial charge on any atom is -0.396 e. The second kappa shape index (κ2) is 8.24. The van der Waals surface area contributed by atoms with Crippen LogP contribution in [0.15, 0.2) is 15.7 Å². The molecule has 0 radical (unpaired) electrons. The molecular formula is C13H20O4S2. The molecule has 0 fully saturated rings. The fourth-order valence-corrected chi connectivity index (χ4v) is 4.62. The third-order valence-corrected chi connectivity index (χ3v) is 5.50. The van der Waals surface area contributed by atoms with Crippen LogP contribution in [0.2, 0.25) is 0 Å². The molecule has 0 aromatic carbocycles. The summed E-state index contributed by atoms with van der Waals surface area (Å²) in [4.78, 5) is 0. The predicted molar refractivity (Wildman–Crippen MR) is 76.8 cm³/mol. The number of thiophene rings is 1. The van der Waals surface area contributed by atoms with Gasteiger partial charge in [0.1, 0.15) is 6.79 Å². The van der Waals surface area contributed by atoms with Crippen molar-refractivity contribution in [3.8, 4) is 0 Å². The SMILES string of the molecule is COCCOCOC1CC(CCO)Sc2sccc21. The van der Waals surface area contributed by atoms with Gasteiger partial charge in [0.05, 0.1) is 23.5 Å². The van der Waals surface area contributed by atoms with E-state index >= 15 is 0 Å². The van der Waals surface area contributed by atoms with E-state index < -0.39 is 0 Å². The molecule has 0 spiro atoms. The molecule has 0 saturated carbocycles. The zero-order valence-corrected chi connectivity index (χ0v) is 12.7. The quantitative estimate of drug-likeness (QED) is 0.591. The molecule has 2 heterocycles. The highest BCUT2D eigenvalue weighted by Gasteiger charge is 2.28. The van der Waals surface area contributed by atoms with Crippen LogP contribution in [0, 0.1) is 0 Å². The normalized spacial score (nSPS) is 22.4. The average Bonchev–Trinajstić information content (AvgIpc) is 2.87. The Kier molecular flexibility index (Phi) is 6.63. The van der Waals surface area contributed by atoms with Crippen LogP contribution in [0.1, 0.15) is 24.5 Å². The fraction of sp³-hybridized carbons (Fsp3) is 0.692. The summed E-state index contributed by atoms with van der Waals surface area (Å²) in [6.07, 6.45) is 1.83. The van der Waals surface area contributed by atoms with E-state index in [2.05, 4.69) is 11.4 Å². The molecule has 2 atom stereocenters.